The molecule has 1 atom stereocenters. The van der Waals surface area contributed by atoms with Crippen LogP contribution in [0, 0.1) is 0 Å². The lowest BCUT2D eigenvalue weighted by atomic mass is 10.0. The molecule has 7 heteroatoms. The van der Waals surface area contributed by atoms with Gasteiger partial charge in [0.25, 0.3) is 0 Å². The van der Waals surface area contributed by atoms with E-state index in [9.17, 15) is 4.79 Å². The number of carbonyl (C=O) groups is 1. The molecule has 0 amide bonds. The van der Waals surface area contributed by atoms with E-state index < -0.39 is 5.97 Å². The lowest BCUT2D eigenvalue weighted by Crippen LogP contribution is -2.19. The third-order valence-corrected chi connectivity index (χ3v) is 5.15. The molecule has 0 bridgehead atoms. The number of esters is 1. The number of anilines is 1. The lowest BCUT2D eigenvalue weighted by Gasteiger charge is -2.25. The molecule has 3 rings (SSSR count). The number of unbranched alkanes of at least 4 members (excludes halogenated alkanes) is 1. The summed E-state index contributed by atoms with van der Waals surface area (Å²) in [5, 5.41) is 7.29. The second kappa shape index (κ2) is 9.99. The van der Waals surface area contributed by atoms with Crippen LogP contribution in [0.15, 0.2) is 47.6 Å². The number of hydrogen-bond acceptors (Lipinski definition) is 5. The summed E-state index contributed by atoms with van der Waals surface area (Å²) in [4.78, 5) is 12.3. The normalized spacial score (nSPS) is 15.9. The van der Waals surface area contributed by atoms with Gasteiger partial charge >= 0.3 is 5.97 Å². The first-order valence-electron chi connectivity index (χ1n) is 9.75. The van der Waals surface area contributed by atoms with E-state index in [1.807, 2.05) is 24.3 Å². The molecule has 0 radical (unpaired) electrons. The van der Waals surface area contributed by atoms with Crippen LogP contribution in [0.4, 0.5) is 5.69 Å². The Bertz CT molecular complexity index is 884. The molecule has 0 fully saturated rings. The molecule has 0 aromatic heterocycles. The summed E-state index contributed by atoms with van der Waals surface area (Å²) in [6.45, 7) is 4.90. The smallest absolute Gasteiger partial charge is 0.354 e. The number of carbonyl (C=O) groups excluding carboxylic acids is 1. The van der Waals surface area contributed by atoms with Crippen LogP contribution in [0.2, 0.25) is 10.0 Å². The second-order valence-corrected chi connectivity index (χ2v) is 7.54. The number of benzene rings is 2. The monoisotopic (exact) mass is 434 g/mol. The van der Waals surface area contributed by atoms with Crippen molar-refractivity contribution in [1.82, 2.24) is 0 Å². The Hall–Kier alpha value is -2.24. The van der Waals surface area contributed by atoms with E-state index in [0.717, 1.165) is 24.2 Å². The van der Waals surface area contributed by atoms with Crippen molar-refractivity contribution >= 4 is 40.6 Å². The highest BCUT2D eigenvalue weighted by molar-refractivity contribution is 6.38. The van der Waals surface area contributed by atoms with E-state index in [1.54, 1.807) is 30.1 Å². The van der Waals surface area contributed by atoms with Crippen molar-refractivity contribution in [3.8, 4) is 5.75 Å². The summed E-state index contributed by atoms with van der Waals surface area (Å²) in [6, 6.07) is 12.9. The van der Waals surface area contributed by atoms with Gasteiger partial charge in [-0.1, -0.05) is 48.7 Å². The zero-order valence-electron chi connectivity index (χ0n) is 16.5. The number of ether oxygens (including phenoxy) is 2. The van der Waals surface area contributed by atoms with Gasteiger partial charge in [-0.25, -0.2) is 4.79 Å². The van der Waals surface area contributed by atoms with Crippen molar-refractivity contribution in [2.24, 2.45) is 5.10 Å². The molecule has 0 spiro atoms. The molecule has 154 valence electrons. The first kappa shape index (κ1) is 21.5. The minimum atomic E-state index is -0.412. The fourth-order valence-corrected chi connectivity index (χ4v) is 3.61. The Morgan fingerprint density at radius 2 is 1.93 bits per heavy atom. The van der Waals surface area contributed by atoms with E-state index in [-0.39, 0.29) is 6.04 Å². The van der Waals surface area contributed by atoms with Crippen LogP contribution in [-0.2, 0) is 9.53 Å². The molecule has 0 aliphatic carbocycles. The minimum Gasteiger partial charge on any atom is -0.494 e. The topological polar surface area (TPSA) is 51.1 Å². The fraction of sp³-hybridized carbons (Fsp3) is 0.364. The molecule has 1 heterocycles. The third kappa shape index (κ3) is 5.22. The molecule has 29 heavy (non-hydrogen) atoms. The van der Waals surface area contributed by atoms with Crippen LogP contribution >= 0.6 is 23.2 Å². The molecule has 1 unspecified atom stereocenters. The van der Waals surface area contributed by atoms with Gasteiger partial charge in [0, 0.05) is 11.4 Å². The maximum Gasteiger partial charge on any atom is 0.354 e. The molecule has 2 aromatic rings. The maximum absolute atomic E-state index is 12.3. The zero-order chi connectivity index (χ0) is 20.8. The standard InChI is InChI=1S/C22H24Cl2N2O3/c1-3-5-12-29-17-9-6-15(7-10-17)21-14-19(22(27)28-4-2)25-26(21)20-11-8-16(23)13-18(20)24/h6-11,13,21H,3-5,12,14H2,1-2H3. The zero-order valence-corrected chi connectivity index (χ0v) is 18.0. The van der Waals surface area contributed by atoms with Crippen LogP contribution < -0.4 is 9.75 Å². The first-order valence-corrected chi connectivity index (χ1v) is 10.5. The molecule has 0 saturated heterocycles. The van der Waals surface area contributed by atoms with Crippen molar-refractivity contribution in [2.75, 3.05) is 18.2 Å². The van der Waals surface area contributed by atoms with Crippen molar-refractivity contribution in [3.63, 3.8) is 0 Å². The second-order valence-electron chi connectivity index (χ2n) is 6.70. The number of halogens is 2. The van der Waals surface area contributed by atoms with Gasteiger partial charge in [0.2, 0.25) is 0 Å². The van der Waals surface area contributed by atoms with E-state index in [0.29, 0.717) is 41.1 Å². The number of rotatable bonds is 8. The average molecular weight is 435 g/mol. The largest absolute Gasteiger partial charge is 0.494 e. The molecule has 1 aliphatic rings. The van der Waals surface area contributed by atoms with Gasteiger partial charge in [-0.3, -0.25) is 5.01 Å². The van der Waals surface area contributed by atoms with E-state index in [4.69, 9.17) is 32.7 Å². The van der Waals surface area contributed by atoms with Crippen molar-refractivity contribution < 1.29 is 14.3 Å². The quantitative estimate of drug-likeness (QED) is 0.375. The number of hydrazone groups is 1. The number of hydrogen-bond donors (Lipinski definition) is 0. The van der Waals surface area contributed by atoms with Gasteiger partial charge in [-0.2, -0.15) is 5.10 Å². The highest BCUT2D eigenvalue weighted by Crippen LogP contribution is 2.40. The van der Waals surface area contributed by atoms with Crippen LogP contribution in [-0.4, -0.2) is 24.9 Å². The van der Waals surface area contributed by atoms with Crippen molar-refractivity contribution in [3.05, 3.63) is 58.1 Å². The summed E-state index contributed by atoms with van der Waals surface area (Å²) in [6.07, 6.45) is 2.53. The maximum atomic E-state index is 12.3. The van der Waals surface area contributed by atoms with Gasteiger partial charge in [0.15, 0.2) is 0 Å². The summed E-state index contributed by atoms with van der Waals surface area (Å²) in [7, 11) is 0. The number of nitrogens with zero attached hydrogens (tertiary/aromatic N) is 2. The Labute approximate surface area is 181 Å². The molecule has 5 nitrogen and oxygen atoms in total. The summed E-state index contributed by atoms with van der Waals surface area (Å²) < 4.78 is 10.9. The van der Waals surface area contributed by atoms with Crippen LogP contribution in [0.3, 0.4) is 0 Å². The molecular weight excluding hydrogens is 411 g/mol. The predicted molar refractivity (Wildman–Crippen MR) is 117 cm³/mol. The average Bonchev–Trinajstić information content (AvgIpc) is 3.14. The van der Waals surface area contributed by atoms with E-state index in [2.05, 4.69) is 12.0 Å². The van der Waals surface area contributed by atoms with Crippen molar-refractivity contribution in [1.29, 1.82) is 0 Å². The summed E-state index contributed by atoms with van der Waals surface area (Å²) >= 11 is 12.5. The van der Waals surface area contributed by atoms with Gasteiger partial charge in [-0.05, 0) is 49.2 Å². The summed E-state index contributed by atoms with van der Waals surface area (Å²) in [5.74, 6) is 0.410. The van der Waals surface area contributed by atoms with Crippen LogP contribution in [0.25, 0.3) is 0 Å². The van der Waals surface area contributed by atoms with Gasteiger partial charge in [0.05, 0.1) is 30.0 Å². The Balaban J connectivity index is 1.88. The Morgan fingerprint density at radius 3 is 2.59 bits per heavy atom. The van der Waals surface area contributed by atoms with Gasteiger partial charge in [0.1, 0.15) is 11.5 Å². The molecule has 0 saturated carbocycles. The van der Waals surface area contributed by atoms with Crippen LogP contribution in [0.1, 0.15) is 44.7 Å². The lowest BCUT2D eigenvalue weighted by molar-refractivity contribution is -0.135. The molecule has 1 aliphatic heterocycles. The van der Waals surface area contributed by atoms with E-state index in [1.165, 1.54) is 0 Å². The van der Waals surface area contributed by atoms with E-state index >= 15 is 0 Å². The predicted octanol–water partition coefficient (Wildman–Crippen LogP) is 6.04. The summed E-state index contributed by atoms with van der Waals surface area (Å²) in [5.41, 5.74) is 2.05. The van der Waals surface area contributed by atoms with Crippen molar-refractivity contribution in [2.45, 2.75) is 39.2 Å². The fourth-order valence-electron chi connectivity index (χ4n) is 3.12. The molecular formula is C22H24Cl2N2O3. The van der Waals surface area contributed by atoms with Crippen LogP contribution in [0.5, 0.6) is 5.75 Å². The van der Waals surface area contributed by atoms with Gasteiger partial charge < -0.3 is 9.47 Å². The minimum absolute atomic E-state index is 0.183. The highest BCUT2D eigenvalue weighted by atomic mass is 35.5. The third-order valence-electron chi connectivity index (χ3n) is 4.61. The van der Waals surface area contributed by atoms with Gasteiger partial charge in [-0.15, -0.1) is 0 Å². The highest BCUT2D eigenvalue weighted by Gasteiger charge is 2.34. The first-order chi connectivity index (χ1) is 14.0. The molecule has 0 N–H and O–H groups in total. The SMILES string of the molecule is CCCCOc1ccc(C2CC(C(=O)OCC)=NN2c2ccc(Cl)cc2Cl)cc1. The molecule has 2 aromatic carbocycles. The Morgan fingerprint density at radius 1 is 1.17 bits per heavy atom. The Kier molecular flexibility index (Phi) is 7.40.